The van der Waals surface area contributed by atoms with Gasteiger partial charge in [0.15, 0.2) is 5.58 Å². The van der Waals surface area contributed by atoms with E-state index in [0.717, 1.165) is 83.1 Å². The molecule has 0 aliphatic carbocycles. The van der Waals surface area contributed by atoms with Crippen molar-refractivity contribution in [2.24, 2.45) is 4.99 Å². The molecule has 260 valence electrons. The summed E-state index contributed by atoms with van der Waals surface area (Å²) in [5, 5.41) is 16.5. The molecule has 0 spiro atoms. The molecule has 0 amide bonds. The van der Waals surface area contributed by atoms with Gasteiger partial charge in [-0.1, -0.05) is 133 Å². The summed E-state index contributed by atoms with van der Waals surface area (Å²) in [5.41, 5.74) is 9.79. The van der Waals surface area contributed by atoms with Gasteiger partial charge in [-0.15, -0.1) is 0 Å². The number of fused-ring (bicyclic) bond motifs is 13. The van der Waals surface area contributed by atoms with Crippen molar-refractivity contribution < 1.29 is 8.83 Å². The number of hydrogen-bond donors (Lipinski definition) is 2. The normalized spacial score (nSPS) is 16.2. The van der Waals surface area contributed by atoms with E-state index in [2.05, 4.69) is 161 Å². The van der Waals surface area contributed by atoms with Crippen LogP contribution in [0.2, 0.25) is 0 Å². The van der Waals surface area contributed by atoms with Gasteiger partial charge in [-0.25, -0.2) is 4.99 Å². The monoisotopic (exact) mass is 708 g/mol. The zero-order chi connectivity index (χ0) is 36.0. The Balaban J connectivity index is 1.09. The van der Waals surface area contributed by atoms with Crippen LogP contribution in [-0.2, 0) is 0 Å². The Hall–Kier alpha value is -7.15. The lowest BCUT2D eigenvalue weighted by atomic mass is 9.99. The first kappa shape index (κ1) is 30.3. The van der Waals surface area contributed by atoms with Crippen molar-refractivity contribution in [3.05, 3.63) is 187 Å². The van der Waals surface area contributed by atoms with Crippen LogP contribution in [0, 0.1) is 0 Å². The molecule has 12 rings (SSSR count). The minimum atomic E-state index is -0.232. The Bertz CT molecular complexity index is 3340. The highest BCUT2D eigenvalue weighted by atomic mass is 16.3. The van der Waals surface area contributed by atoms with Gasteiger partial charge in [-0.2, -0.15) is 0 Å². The summed E-state index contributed by atoms with van der Waals surface area (Å²) in [6.07, 6.45) is -0.371. The van der Waals surface area contributed by atoms with Crippen LogP contribution in [0.25, 0.3) is 82.1 Å². The molecule has 0 radical (unpaired) electrons. The number of rotatable bonds is 4. The van der Waals surface area contributed by atoms with Crippen molar-refractivity contribution in [2.45, 2.75) is 12.3 Å². The Morgan fingerprint density at radius 1 is 0.491 bits per heavy atom. The van der Waals surface area contributed by atoms with Crippen molar-refractivity contribution in [3.8, 4) is 5.69 Å². The smallest absolute Gasteiger partial charge is 0.160 e. The molecular formula is C49H32N4O2. The van der Waals surface area contributed by atoms with Gasteiger partial charge >= 0.3 is 0 Å². The summed E-state index contributed by atoms with van der Waals surface area (Å²) in [6.45, 7) is 0. The lowest BCUT2D eigenvalue weighted by molar-refractivity contribution is 0.409. The molecule has 0 saturated carbocycles. The predicted octanol–water partition coefficient (Wildman–Crippen LogP) is 12.1. The number of aromatic nitrogens is 1. The van der Waals surface area contributed by atoms with Crippen LogP contribution < -0.4 is 10.6 Å². The third-order valence-electron chi connectivity index (χ3n) is 11.3. The third kappa shape index (κ3) is 4.49. The summed E-state index contributed by atoms with van der Waals surface area (Å²) in [6, 6.07) is 59.4. The number of hydrogen-bond acceptors (Lipinski definition) is 5. The maximum absolute atomic E-state index is 6.80. The lowest BCUT2D eigenvalue weighted by Crippen LogP contribution is -2.45. The number of furan rings is 2. The zero-order valence-electron chi connectivity index (χ0n) is 29.5. The van der Waals surface area contributed by atoms with Gasteiger partial charge in [-0.3, -0.25) is 5.32 Å². The molecule has 6 heteroatoms. The Morgan fingerprint density at radius 2 is 1.15 bits per heavy atom. The van der Waals surface area contributed by atoms with Gasteiger partial charge in [0.05, 0.1) is 16.7 Å². The van der Waals surface area contributed by atoms with E-state index in [-0.39, 0.29) is 12.3 Å². The highest BCUT2D eigenvalue weighted by molar-refractivity contribution is 6.35. The third-order valence-corrected chi connectivity index (χ3v) is 11.3. The molecule has 1 aliphatic heterocycles. The predicted molar refractivity (Wildman–Crippen MR) is 224 cm³/mol. The van der Waals surface area contributed by atoms with Crippen LogP contribution in [0.5, 0.6) is 0 Å². The first-order valence-electron chi connectivity index (χ1n) is 18.7. The van der Waals surface area contributed by atoms with Crippen molar-refractivity contribution >= 4 is 82.3 Å². The highest BCUT2D eigenvalue weighted by Gasteiger charge is 2.28. The van der Waals surface area contributed by atoms with E-state index >= 15 is 0 Å². The topological polar surface area (TPSA) is 67.6 Å². The molecular weight excluding hydrogens is 677 g/mol. The van der Waals surface area contributed by atoms with Crippen LogP contribution in [0.3, 0.4) is 0 Å². The van der Waals surface area contributed by atoms with E-state index in [1.165, 1.54) is 21.5 Å². The summed E-state index contributed by atoms with van der Waals surface area (Å²) in [5.74, 6) is 0.820. The van der Waals surface area contributed by atoms with E-state index in [1.807, 2.05) is 24.3 Å². The fourth-order valence-corrected chi connectivity index (χ4v) is 8.86. The fourth-order valence-electron chi connectivity index (χ4n) is 8.86. The number of para-hydroxylation sites is 2. The van der Waals surface area contributed by atoms with Crippen molar-refractivity contribution in [1.82, 2.24) is 15.2 Å². The Kier molecular flexibility index (Phi) is 6.44. The Morgan fingerprint density at radius 3 is 1.96 bits per heavy atom. The second kappa shape index (κ2) is 11.7. The van der Waals surface area contributed by atoms with Crippen LogP contribution in [-0.4, -0.2) is 10.4 Å². The SMILES string of the molecule is c1ccc(C2N=C(c3cccc4oc5cc(-n6c7ccccc7c7c8ccccc8c8c9ccccc9oc8c76)ccc5c34)NC(c3ccccc3)N2)cc1. The molecule has 0 fully saturated rings. The first-order chi connectivity index (χ1) is 27.3. The van der Waals surface area contributed by atoms with E-state index in [0.29, 0.717) is 0 Å². The van der Waals surface area contributed by atoms with Gasteiger partial charge in [0.2, 0.25) is 0 Å². The summed E-state index contributed by atoms with van der Waals surface area (Å²) >= 11 is 0. The molecule has 2 atom stereocenters. The van der Waals surface area contributed by atoms with Crippen molar-refractivity contribution in [2.75, 3.05) is 0 Å². The standard InChI is InChI=1S/C49H32N4O2/c1-3-14-29(15-4-1)47-50-48(30-16-5-2-6-17-30)52-49(51-47)37-22-13-25-40-42(37)36-27-26-31(28-41(36)54-40)53-38-23-11-9-20-34(38)43-32-18-7-8-19-33(32)44-35-21-10-12-24-39(35)55-46(44)45(43)53/h1-28,47-48,50H,(H,51,52). The number of amidine groups is 1. The van der Waals surface area contributed by atoms with E-state index < -0.39 is 0 Å². The second-order valence-corrected chi connectivity index (χ2v) is 14.3. The molecule has 55 heavy (non-hydrogen) atoms. The zero-order valence-corrected chi connectivity index (χ0v) is 29.5. The van der Waals surface area contributed by atoms with Gasteiger partial charge in [0, 0.05) is 43.9 Å². The number of aliphatic imine (C=N–C) groups is 1. The molecule has 1 aliphatic rings. The Labute approximate surface area is 314 Å². The largest absolute Gasteiger partial charge is 0.456 e. The molecule has 0 bridgehead atoms. The number of benzene rings is 8. The molecule has 11 aromatic rings. The molecule has 6 nitrogen and oxygen atoms in total. The second-order valence-electron chi connectivity index (χ2n) is 14.3. The van der Waals surface area contributed by atoms with E-state index in [1.54, 1.807) is 0 Å². The molecule has 4 heterocycles. The summed E-state index contributed by atoms with van der Waals surface area (Å²) in [4.78, 5) is 5.27. The summed E-state index contributed by atoms with van der Waals surface area (Å²) < 4.78 is 15.9. The minimum Gasteiger partial charge on any atom is -0.456 e. The fraction of sp³-hybridized carbons (Fsp3) is 0.0408. The van der Waals surface area contributed by atoms with Crippen LogP contribution >= 0.6 is 0 Å². The maximum atomic E-state index is 6.80. The first-order valence-corrected chi connectivity index (χ1v) is 18.7. The van der Waals surface area contributed by atoms with Crippen molar-refractivity contribution in [1.29, 1.82) is 0 Å². The maximum Gasteiger partial charge on any atom is 0.160 e. The molecule has 0 saturated heterocycles. The minimum absolute atomic E-state index is 0.139. The van der Waals surface area contributed by atoms with Gasteiger partial charge < -0.3 is 18.7 Å². The van der Waals surface area contributed by atoms with Gasteiger partial charge in [-0.05, 0) is 52.2 Å². The lowest BCUT2D eigenvalue weighted by Gasteiger charge is -2.32. The molecule has 3 aromatic heterocycles. The van der Waals surface area contributed by atoms with Gasteiger partial charge in [0.25, 0.3) is 0 Å². The summed E-state index contributed by atoms with van der Waals surface area (Å²) in [7, 11) is 0. The van der Waals surface area contributed by atoms with Crippen molar-refractivity contribution in [3.63, 3.8) is 0 Å². The molecule has 2 N–H and O–H groups in total. The van der Waals surface area contributed by atoms with Gasteiger partial charge in [0.1, 0.15) is 34.9 Å². The van der Waals surface area contributed by atoms with Crippen LogP contribution in [0.4, 0.5) is 0 Å². The van der Waals surface area contributed by atoms with E-state index in [9.17, 15) is 0 Å². The number of nitrogens with zero attached hydrogens (tertiary/aromatic N) is 2. The van der Waals surface area contributed by atoms with Crippen LogP contribution in [0.15, 0.2) is 184 Å². The van der Waals surface area contributed by atoms with Crippen LogP contribution in [0.1, 0.15) is 29.0 Å². The number of nitrogens with one attached hydrogen (secondary N) is 2. The molecule has 8 aromatic carbocycles. The quantitative estimate of drug-likeness (QED) is 0.191. The van der Waals surface area contributed by atoms with E-state index in [4.69, 9.17) is 13.8 Å². The molecule has 2 unspecified atom stereocenters. The highest BCUT2D eigenvalue weighted by Crippen LogP contribution is 2.46. The average Bonchev–Trinajstić information content (AvgIpc) is 3.94. The average molecular weight is 709 g/mol.